The van der Waals surface area contributed by atoms with Crippen molar-refractivity contribution < 1.29 is 10.0 Å². The molecule has 0 amide bonds. The van der Waals surface area contributed by atoms with Gasteiger partial charge in [-0.15, -0.1) is 0 Å². The van der Waals surface area contributed by atoms with Crippen molar-refractivity contribution in [2.45, 2.75) is 20.3 Å². The third-order valence-corrected chi connectivity index (χ3v) is 2.56. The molecule has 1 N–H and O–H groups in total. The zero-order valence-corrected chi connectivity index (χ0v) is 10.1. The minimum atomic E-state index is -0.434. The molecular weight excluding hydrogens is 222 g/mol. The van der Waals surface area contributed by atoms with E-state index in [-0.39, 0.29) is 12.3 Å². The van der Waals surface area contributed by atoms with E-state index in [0.29, 0.717) is 24.3 Å². The summed E-state index contributed by atoms with van der Waals surface area (Å²) in [7, 11) is 0. The monoisotopic (exact) mass is 239 g/mol. The lowest BCUT2D eigenvalue weighted by molar-refractivity contribution is -0.385. The summed E-state index contributed by atoms with van der Waals surface area (Å²) in [5.74, 6) is 0.712. The van der Waals surface area contributed by atoms with E-state index in [1.807, 2.05) is 11.8 Å². The maximum atomic E-state index is 10.7. The molecule has 0 fully saturated rings. The molecule has 94 valence electrons. The van der Waals surface area contributed by atoms with Gasteiger partial charge in [-0.05, 0) is 26.3 Å². The van der Waals surface area contributed by atoms with Crippen LogP contribution >= 0.6 is 0 Å². The molecule has 0 bridgehead atoms. The number of aromatic nitrogens is 1. The van der Waals surface area contributed by atoms with Gasteiger partial charge in [-0.1, -0.05) is 0 Å². The maximum absolute atomic E-state index is 10.7. The van der Waals surface area contributed by atoms with Crippen molar-refractivity contribution in [3.63, 3.8) is 0 Å². The highest BCUT2D eigenvalue weighted by Gasteiger charge is 2.13. The number of pyridine rings is 1. The summed E-state index contributed by atoms with van der Waals surface area (Å²) < 4.78 is 0. The number of hydrogen-bond acceptors (Lipinski definition) is 5. The Morgan fingerprint density at radius 3 is 2.76 bits per heavy atom. The Labute approximate surface area is 100 Å². The molecule has 6 heteroatoms. The molecule has 17 heavy (non-hydrogen) atoms. The first-order valence-electron chi connectivity index (χ1n) is 5.57. The number of rotatable bonds is 6. The van der Waals surface area contributed by atoms with Gasteiger partial charge in [0.1, 0.15) is 12.0 Å². The molecule has 0 saturated carbocycles. The van der Waals surface area contributed by atoms with E-state index in [2.05, 4.69) is 4.98 Å². The summed E-state index contributed by atoms with van der Waals surface area (Å²) in [5, 5.41) is 19.5. The molecule has 0 spiro atoms. The normalized spacial score (nSPS) is 10.3. The predicted octanol–water partition coefficient (Wildman–Crippen LogP) is 1.51. The van der Waals surface area contributed by atoms with E-state index >= 15 is 0 Å². The Balaban J connectivity index is 2.90. The first-order chi connectivity index (χ1) is 8.10. The van der Waals surface area contributed by atoms with E-state index in [1.54, 1.807) is 13.0 Å². The lowest BCUT2D eigenvalue weighted by Gasteiger charge is -2.21. The summed E-state index contributed by atoms with van der Waals surface area (Å²) in [6, 6.07) is 1.71. The van der Waals surface area contributed by atoms with Crippen LogP contribution in [0, 0.1) is 17.0 Å². The average molecular weight is 239 g/mol. The first kappa shape index (κ1) is 13.4. The van der Waals surface area contributed by atoms with Crippen LogP contribution in [0.1, 0.15) is 18.9 Å². The highest BCUT2D eigenvalue weighted by molar-refractivity contribution is 5.48. The van der Waals surface area contributed by atoms with E-state index in [4.69, 9.17) is 5.11 Å². The number of aliphatic hydroxyl groups excluding tert-OH is 1. The third-order valence-electron chi connectivity index (χ3n) is 2.56. The standard InChI is InChI=1S/C11H17N3O3/c1-3-13(5-4-6-15)11-7-9(2)10(8-12-11)14(16)17/h7-8,15H,3-6H2,1-2H3. The van der Waals surface area contributed by atoms with Gasteiger partial charge in [-0.25, -0.2) is 4.98 Å². The molecule has 0 atom stereocenters. The van der Waals surface area contributed by atoms with Crippen molar-refractivity contribution in [2.24, 2.45) is 0 Å². The maximum Gasteiger partial charge on any atom is 0.290 e. The van der Waals surface area contributed by atoms with E-state index in [9.17, 15) is 10.1 Å². The number of aliphatic hydroxyl groups is 1. The molecule has 1 aromatic heterocycles. The van der Waals surface area contributed by atoms with Crippen molar-refractivity contribution >= 4 is 11.5 Å². The number of anilines is 1. The minimum Gasteiger partial charge on any atom is -0.396 e. The summed E-state index contributed by atoms with van der Waals surface area (Å²) >= 11 is 0. The highest BCUT2D eigenvalue weighted by Crippen LogP contribution is 2.21. The van der Waals surface area contributed by atoms with Gasteiger partial charge < -0.3 is 10.0 Å². The highest BCUT2D eigenvalue weighted by atomic mass is 16.6. The Morgan fingerprint density at radius 2 is 2.29 bits per heavy atom. The molecule has 0 saturated heterocycles. The largest absolute Gasteiger partial charge is 0.396 e. The van der Waals surface area contributed by atoms with Crippen LogP contribution in [0.25, 0.3) is 0 Å². The molecule has 0 aliphatic carbocycles. The van der Waals surface area contributed by atoms with Crippen molar-refractivity contribution in [1.82, 2.24) is 4.98 Å². The molecule has 0 aromatic carbocycles. The molecule has 1 heterocycles. The Bertz CT molecular complexity index is 396. The van der Waals surface area contributed by atoms with E-state index < -0.39 is 4.92 Å². The van der Waals surface area contributed by atoms with Crippen molar-refractivity contribution in [3.8, 4) is 0 Å². The summed E-state index contributed by atoms with van der Waals surface area (Å²) in [4.78, 5) is 16.3. The molecule has 0 aliphatic rings. The van der Waals surface area contributed by atoms with Gasteiger partial charge in [0.05, 0.1) is 4.92 Å². The molecule has 0 radical (unpaired) electrons. The quantitative estimate of drug-likeness (QED) is 0.601. The van der Waals surface area contributed by atoms with Gasteiger partial charge in [-0.2, -0.15) is 0 Å². The number of hydrogen-bond donors (Lipinski definition) is 1. The second-order valence-corrected chi connectivity index (χ2v) is 3.74. The van der Waals surface area contributed by atoms with Crippen LogP contribution in [-0.4, -0.2) is 34.7 Å². The van der Waals surface area contributed by atoms with Crippen LogP contribution in [0.4, 0.5) is 11.5 Å². The lowest BCUT2D eigenvalue weighted by atomic mass is 10.2. The summed E-state index contributed by atoms with van der Waals surface area (Å²) in [5.41, 5.74) is 0.634. The number of nitrogens with zero attached hydrogens (tertiary/aromatic N) is 3. The average Bonchev–Trinajstić information content (AvgIpc) is 2.29. The van der Waals surface area contributed by atoms with Crippen LogP contribution in [0.3, 0.4) is 0 Å². The topological polar surface area (TPSA) is 79.5 Å². The minimum absolute atomic E-state index is 0.0342. The predicted molar refractivity (Wildman–Crippen MR) is 65.2 cm³/mol. The SMILES string of the molecule is CCN(CCCO)c1cc(C)c([N+](=O)[O-])cn1. The van der Waals surface area contributed by atoms with E-state index in [1.165, 1.54) is 6.20 Å². The van der Waals surface area contributed by atoms with Crippen LogP contribution in [-0.2, 0) is 0 Å². The fourth-order valence-electron chi connectivity index (χ4n) is 1.59. The van der Waals surface area contributed by atoms with Crippen molar-refractivity contribution in [2.75, 3.05) is 24.6 Å². The smallest absolute Gasteiger partial charge is 0.290 e. The first-order valence-corrected chi connectivity index (χ1v) is 5.57. The van der Waals surface area contributed by atoms with Gasteiger partial charge in [0.25, 0.3) is 5.69 Å². The van der Waals surface area contributed by atoms with Gasteiger partial charge in [0.2, 0.25) is 0 Å². The third kappa shape index (κ3) is 3.39. The van der Waals surface area contributed by atoms with Crippen LogP contribution in [0.15, 0.2) is 12.3 Å². The van der Waals surface area contributed by atoms with Crippen LogP contribution < -0.4 is 4.90 Å². The number of aryl methyl sites for hydroxylation is 1. The second-order valence-electron chi connectivity index (χ2n) is 3.74. The summed E-state index contributed by atoms with van der Waals surface area (Å²) in [6.45, 7) is 5.25. The Kier molecular flexibility index (Phi) is 4.84. The van der Waals surface area contributed by atoms with Crippen molar-refractivity contribution in [3.05, 3.63) is 27.9 Å². The second kappa shape index (κ2) is 6.15. The zero-order chi connectivity index (χ0) is 12.8. The fraction of sp³-hybridized carbons (Fsp3) is 0.545. The molecule has 6 nitrogen and oxygen atoms in total. The van der Waals surface area contributed by atoms with Crippen LogP contribution in [0.2, 0.25) is 0 Å². The van der Waals surface area contributed by atoms with Gasteiger partial charge in [0.15, 0.2) is 0 Å². The Morgan fingerprint density at radius 1 is 1.59 bits per heavy atom. The molecule has 1 aromatic rings. The zero-order valence-electron chi connectivity index (χ0n) is 10.1. The van der Waals surface area contributed by atoms with Crippen LogP contribution in [0.5, 0.6) is 0 Å². The Hall–Kier alpha value is -1.69. The van der Waals surface area contributed by atoms with Crippen molar-refractivity contribution in [1.29, 1.82) is 0 Å². The van der Waals surface area contributed by atoms with Gasteiger partial charge in [-0.3, -0.25) is 10.1 Å². The molecule has 1 rings (SSSR count). The fourth-order valence-corrected chi connectivity index (χ4v) is 1.59. The van der Waals surface area contributed by atoms with Gasteiger partial charge >= 0.3 is 0 Å². The summed E-state index contributed by atoms with van der Waals surface area (Å²) in [6.07, 6.45) is 1.94. The molecular formula is C11H17N3O3. The van der Waals surface area contributed by atoms with E-state index in [0.717, 1.165) is 6.54 Å². The molecule has 0 unspecified atom stereocenters. The number of nitro groups is 1. The van der Waals surface area contributed by atoms with Gasteiger partial charge in [0, 0.05) is 25.3 Å². The lowest BCUT2D eigenvalue weighted by Crippen LogP contribution is -2.25. The molecule has 0 aliphatic heterocycles.